The Morgan fingerprint density at radius 2 is 1.93 bits per heavy atom. The molecule has 1 aromatic heterocycles. The van der Waals surface area contributed by atoms with Crippen LogP contribution < -0.4 is 0 Å². The normalized spacial score (nSPS) is 14.4. The van der Waals surface area contributed by atoms with E-state index in [0.717, 1.165) is 33.8 Å². The fourth-order valence-electron chi connectivity index (χ4n) is 2.92. The van der Waals surface area contributed by atoms with Crippen molar-refractivity contribution in [1.82, 2.24) is 14.2 Å². The molecule has 1 heterocycles. The smallest absolute Gasteiger partial charge is 0.243 e. The number of hydrogen-bond acceptors (Lipinski definition) is 4. The van der Waals surface area contributed by atoms with E-state index in [1.54, 1.807) is 35.5 Å². The zero-order valence-electron chi connectivity index (χ0n) is 15.9. The first-order valence-corrected chi connectivity index (χ1v) is 10.4. The van der Waals surface area contributed by atoms with Crippen LogP contribution in [-0.4, -0.2) is 48.1 Å². The molecular formula is C20H25N3O3S. The van der Waals surface area contributed by atoms with Crippen LogP contribution in [0, 0.1) is 13.8 Å². The van der Waals surface area contributed by atoms with Gasteiger partial charge in [0.15, 0.2) is 0 Å². The van der Waals surface area contributed by atoms with Crippen LogP contribution >= 0.6 is 0 Å². The predicted octanol–water partition coefficient (Wildman–Crippen LogP) is 2.51. The number of rotatable bonds is 7. The molecule has 1 aliphatic rings. The van der Waals surface area contributed by atoms with Gasteiger partial charge in [0.05, 0.1) is 11.4 Å². The molecule has 0 unspecified atom stereocenters. The van der Waals surface area contributed by atoms with Gasteiger partial charge < -0.3 is 4.90 Å². The number of nitrogens with zero attached hydrogens (tertiary/aromatic N) is 3. The molecule has 0 bridgehead atoms. The molecule has 7 heteroatoms. The molecule has 3 rings (SSSR count). The van der Waals surface area contributed by atoms with Crippen LogP contribution in [0.25, 0.3) is 0 Å². The average molecular weight is 388 g/mol. The van der Waals surface area contributed by atoms with E-state index in [1.165, 1.54) is 7.05 Å². The van der Waals surface area contributed by atoms with E-state index >= 15 is 0 Å². The first kappa shape index (κ1) is 19.5. The monoisotopic (exact) mass is 387 g/mol. The highest BCUT2D eigenvalue weighted by Crippen LogP contribution is 2.29. The number of aromatic nitrogens is 1. The summed E-state index contributed by atoms with van der Waals surface area (Å²) in [4.78, 5) is 18.9. The Hall–Kier alpha value is -2.25. The summed E-state index contributed by atoms with van der Waals surface area (Å²) in [6.45, 7) is 4.09. The lowest BCUT2D eigenvalue weighted by molar-refractivity contribution is -0.132. The number of carbonyl (C=O) groups excluding carboxylic acids is 1. The minimum absolute atomic E-state index is 0.175. The maximum Gasteiger partial charge on any atom is 0.243 e. The fourth-order valence-corrected chi connectivity index (χ4v) is 4.12. The van der Waals surface area contributed by atoms with Crippen molar-refractivity contribution in [2.75, 3.05) is 13.6 Å². The van der Waals surface area contributed by atoms with E-state index in [4.69, 9.17) is 0 Å². The van der Waals surface area contributed by atoms with Gasteiger partial charge in [0.1, 0.15) is 0 Å². The molecule has 144 valence electrons. The molecule has 6 nitrogen and oxygen atoms in total. The Kier molecular flexibility index (Phi) is 5.62. The van der Waals surface area contributed by atoms with Crippen LogP contribution in [0.3, 0.4) is 0 Å². The van der Waals surface area contributed by atoms with Gasteiger partial charge in [-0.15, -0.1) is 0 Å². The van der Waals surface area contributed by atoms with Gasteiger partial charge in [0.25, 0.3) is 0 Å². The Morgan fingerprint density at radius 3 is 2.52 bits per heavy atom. The number of aryl methyl sites for hydroxylation is 2. The zero-order valence-corrected chi connectivity index (χ0v) is 16.7. The molecule has 0 aliphatic heterocycles. The molecule has 1 aliphatic carbocycles. The molecule has 1 amide bonds. The molecule has 0 radical (unpaired) electrons. The van der Waals surface area contributed by atoms with Crippen molar-refractivity contribution < 1.29 is 13.2 Å². The molecule has 1 fully saturated rings. The van der Waals surface area contributed by atoms with Crippen LogP contribution in [0.2, 0.25) is 0 Å². The summed E-state index contributed by atoms with van der Waals surface area (Å²) in [5.41, 5.74) is 2.88. The number of sulfonamides is 1. The highest BCUT2D eigenvalue weighted by atomic mass is 32.2. The lowest BCUT2D eigenvalue weighted by Gasteiger charge is -2.25. The van der Waals surface area contributed by atoms with E-state index in [2.05, 4.69) is 4.98 Å². The highest BCUT2D eigenvalue weighted by molar-refractivity contribution is 7.89. The van der Waals surface area contributed by atoms with Gasteiger partial charge >= 0.3 is 0 Å². The van der Waals surface area contributed by atoms with E-state index in [-0.39, 0.29) is 23.4 Å². The molecule has 27 heavy (non-hydrogen) atoms. The van der Waals surface area contributed by atoms with Crippen molar-refractivity contribution in [3.05, 3.63) is 59.4 Å². The van der Waals surface area contributed by atoms with Crippen molar-refractivity contribution in [2.24, 2.45) is 0 Å². The van der Waals surface area contributed by atoms with E-state index in [0.29, 0.717) is 6.54 Å². The Balaban J connectivity index is 1.73. The first-order valence-electron chi connectivity index (χ1n) is 9.01. The van der Waals surface area contributed by atoms with Gasteiger partial charge in [-0.25, -0.2) is 8.42 Å². The van der Waals surface area contributed by atoms with Crippen molar-refractivity contribution in [3.63, 3.8) is 0 Å². The largest absolute Gasteiger partial charge is 0.334 e. The second kappa shape index (κ2) is 7.78. The molecular weight excluding hydrogens is 362 g/mol. The van der Waals surface area contributed by atoms with Crippen LogP contribution in [0.5, 0.6) is 0 Å². The molecule has 2 aromatic rings. The van der Waals surface area contributed by atoms with Crippen molar-refractivity contribution in [3.8, 4) is 0 Å². The van der Waals surface area contributed by atoms with Crippen LogP contribution in [-0.2, 0) is 21.4 Å². The minimum Gasteiger partial charge on any atom is -0.334 e. The summed E-state index contributed by atoms with van der Waals surface area (Å²) in [6, 6.07) is 8.98. The third-order valence-electron chi connectivity index (χ3n) is 4.93. The Labute approximate surface area is 160 Å². The van der Waals surface area contributed by atoms with Gasteiger partial charge in [-0.05, 0) is 61.6 Å². The lowest BCUT2D eigenvalue weighted by atomic mass is 10.1. The number of carbonyl (C=O) groups is 1. The van der Waals surface area contributed by atoms with Gasteiger partial charge in [-0.1, -0.05) is 12.1 Å². The quantitative estimate of drug-likeness (QED) is 0.732. The number of likely N-dealkylation sites (N-methyl/N-ethyl adjacent to an activating group) is 1. The second-order valence-electron chi connectivity index (χ2n) is 7.12. The fraction of sp³-hybridized carbons (Fsp3) is 0.400. The SMILES string of the molecule is Cc1ccc(S(=O)(=O)N(C)CC(=O)N(Cc2cccnc2)C2CC2)cc1C. The third kappa shape index (κ3) is 4.54. The molecule has 0 spiro atoms. The summed E-state index contributed by atoms with van der Waals surface area (Å²) in [6.07, 6.45) is 5.34. The van der Waals surface area contributed by atoms with E-state index < -0.39 is 10.0 Å². The molecule has 1 saturated carbocycles. The number of pyridine rings is 1. The molecule has 1 aromatic carbocycles. The van der Waals surface area contributed by atoms with Gasteiger partial charge in [-0.3, -0.25) is 9.78 Å². The van der Waals surface area contributed by atoms with Crippen LogP contribution in [0.15, 0.2) is 47.6 Å². The first-order chi connectivity index (χ1) is 12.8. The van der Waals surface area contributed by atoms with Crippen molar-refractivity contribution in [1.29, 1.82) is 0 Å². The minimum atomic E-state index is -3.71. The van der Waals surface area contributed by atoms with Gasteiger partial charge in [-0.2, -0.15) is 4.31 Å². The van der Waals surface area contributed by atoms with Crippen LogP contribution in [0.4, 0.5) is 0 Å². The van der Waals surface area contributed by atoms with E-state index in [9.17, 15) is 13.2 Å². The Bertz CT molecular complexity index is 925. The topological polar surface area (TPSA) is 70.6 Å². The van der Waals surface area contributed by atoms with Crippen molar-refractivity contribution >= 4 is 15.9 Å². The number of hydrogen-bond donors (Lipinski definition) is 0. The lowest BCUT2D eigenvalue weighted by Crippen LogP contribution is -2.41. The van der Waals surface area contributed by atoms with Crippen LogP contribution in [0.1, 0.15) is 29.5 Å². The molecule has 0 atom stereocenters. The summed E-state index contributed by atoms with van der Waals surface area (Å²) in [7, 11) is -2.26. The van der Waals surface area contributed by atoms with E-state index in [1.807, 2.05) is 26.0 Å². The average Bonchev–Trinajstić information content (AvgIpc) is 3.47. The van der Waals surface area contributed by atoms with Gasteiger partial charge in [0, 0.05) is 32.0 Å². The van der Waals surface area contributed by atoms with Crippen molar-refractivity contribution in [2.45, 2.75) is 44.2 Å². The maximum absolute atomic E-state index is 12.8. The molecule has 0 N–H and O–H groups in total. The van der Waals surface area contributed by atoms with Gasteiger partial charge in [0.2, 0.25) is 15.9 Å². The second-order valence-corrected chi connectivity index (χ2v) is 9.17. The number of amides is 1. The summed E-state index contributed by atoms with van der Waals surface area (Å²) in [5.74, 6) is -0.184. The summed E-state index contributed by atoms with van der Waals surface area (Å²) >= 11 is 0. The molecule has 0 saturated heterocycles. The standard InChI is InChI=1S/C20H25N3O3S/c1-15-6-9-19(11-16(15)2)27(25,26)22(3)14-20(24)23(18-7-8-18)13-17-5-4-10-21-12-17/h4-6,9-12,18H,7-8,13-14H2,1-3H3. The maximum atomic E-state index is 12.8. The Morgan fingerprint density at radius 1 is 1.19 bits per heavy atom. The highest BCUT2D eigenvalue weighted by Gasteiger charge is 2.34. The zero-order chi connectivity index (χ0) is 19.6. The number of benzene rings is 1. The summed E-state index contributed by atoms with van der Waals surface area (Å²) in [5, 5.41) is 0. The predicted molar refractivity (Wildman–Crippen MR) is 104 cm³/mol. The third-order valence-corrected chi connectivity index (χ3v) is 6.73. The summed E-state index contributed by atoms with van der Waals surface area (Å²) < 4.78 is 26.8.